The first-order valence-corrected chi connectivity index (χ1v) is 6.55. The molecule has 0 amide bonds. The Hall–Kier alpha value is -1.70. The molecule has 0 atom stereocenters. The van der Waals surface area contributed by atoms with Crippen molar-refractivity contribution in [3.05, 3.63) is 45.6 Å². The summed E-state index contributed by atoms with van der Waals surface area (Å²) in [4.78, 5) is 1.19. The minimum absolute atomic E-state index is 0.0699. The van der Waals surface area contributed by atoms with Crippen LogP contribution in [0.2, 0.25) is 4.34 Å². The molecule has 0 radical (unpaired) electrons. The Kier molecular flexibility index (Phi) is 4.46. The molecule has 92 valence electrons. The molecule has 5 heteroatoms. The van der Waals surface area contributed by atoms with E-state index in [9.17, 15) is 0 Å². The average molecular weight is 279 g/mol. The maximum atomic E-state index is 8.40. The normalized spacial score (nSPS) is 9.78. The molecule has 1 N–H and O–H groups in total. The van der Waals surface area contributed by atoms with Crippen molar-refractivity contribution in [3.8, 4) is 11.8 Å². The van der Waals surface area contributed by atoms with Gasteiger partial charge in [-0.3, -0.25) is 0 Å². The molecule has 2 aromatic rings. The Morgan fingerprint density at radius 3 is 2.61 bits per heavy atom. The number of rotatable bonds is 5. The number of nitriles is 1. The van der Waals surface area contributed by atoms with Crippen LogP contribution >= 0.6 is 22.9 Å². The summed E-state index contributed by atoms with van der Waals surface area (Å²) in [6.07, 6.45) is 0. The lowest BCUT2D eigenvalue weighted by atomic mass is 10.3. The Morgan fingerprint density at radius 1 is 1.22 bits per heavy atom. The van der Waals surface area contributed by atoms with Crippen LogP contribution in [0.4, 0.5) is 5.69 Å². The van der Waals surface area contributed by atoms with Gasteiger partial charge in [-0.05, 0) is 36.4 Å². The van der Waals surface area contributed by atoms with Gasteiger partial charge in [0.25, 0.3) is 0 Å². The van der Waals surface area contributed by atoms with E-state index >= 15 is 0 Å². The molecule has 0 aliphatic rings. The van der Waals surface area contributed by atoms with Gasteiger partial charge >= 0.3 is 0 Å². The van der Waals surface area contributed by atoms with Crippen molar-refractivity contribution in [1.82, 2.24) is 0 Å². The summed E-state index contributed by atoms with van der Waals surface area (Å²) in [5.74, 6) is 0.696. The standard InChI is InChI=1S/C13H11ClN2OS/c14-13-6-5-12(18-13)9-16-10-1-3-11(4-2-10)17-8-7-15/h1-6,16H,8-9H2. The van der Waals surface area contributed by atoms with Crippen LogP contribution in [-0.2, 0) is 6.54 Å². The van der Waals surface area contributed by atoms with E-state index in [-0.39, 0.29) is 6.61 Å². The molecule has 2 rings (SSSR count). The number of hydrogen-bond acceptors (Lipinski definition) is 4. The van der Waals surface area contributed by atoms with Crippen LogP contribution in [0.5, 0.6) is 5.75 Å². The van der Waals surface area contributed by atoms with Crippen LogP contribution in [0.15, 0.2) is 36.4 Å². The third-order valence-corrected chi connectivity index (χ3v) is 3.48. The second-order valence-electron chi connectivity index (χ2n) is 3.53. The van der Waals surface area contributed by atoms with Crippen molar-refractivity contribution in [3.63, 3.8) is 0 Å². The van der Waals surface area contributed by atoms with Gasteiger partial charge in [0.2, 0.25) is 0 Å². The third-order valence-electron chi connectivity index (χ3n) is 2.25. The minimum atomic E-state index is 0.0699. The van der Waals surface area contributed by atoms with E-state index in [0.29, 0.717) is 5.75 Å². The fourth-order valence-corrected chi connectivity index (χ4v) is 2.45. The smallest absolute Gasteiger partial charge is 0.174 e. The predicted octanol–water partition coefficient (Wildman–Crippen LogP) is 3.92. The van der Waals surface area contributed by atoms with Crippen molar-refractivity contribution in [2.75, 3.05) is 11.9 Å². The van der Waals surface area contributed by atoms with Crippen LogP contribution < -0.4 is 10.1 Å². The summed E-state index contributed by atoms with van der Waals surface area (Å²) in [5, 5.41) is 11.7. The van der Waals surface area contributed by atoms with Gasteiger partial charge in [0, 0.05) is 17.1 Å². The molecule has 0 saturated heterocycles. The van der Waals surface area contributed by atoms with Crippen LogP contribution in [0.25, 0.3) is 0 Å². The monoisotopic (exact) mass is 278 g/mol. The molecule has 1 heterocycles. The lowest BCUT2D eigenvalue weighted by Gasteiger charge is -2.06. The lowest BCUT2D eigenvalue weighted by molar-refractivity contribution is 0.368. The summed E-state index contributed by atoms with van der Waals surface area (Å²) in [6, 6.07) is 13.3. The van der Waals surface area contributed by atoms with Gasteiger partial charge in [-0.25, -0.2) is 0 Å². The quantitative estimate of drug-likeness (QED) is 0.902. The number of nitrogens with zero attached hydrogens (tertiary/aromatic N) is 1. The summed E-state index contributed by atoms with van der Waals surface area (Å²) in [6.45, 7) is 0.816. The molecule has 0 unspecified atom stereocenters. The Bertz CT molecular complexity index is 545. The highest BCUT2D eigenvalue weighted by atomic mass is 35.5. The van der Waals surface area contributed by atoms with E-state index in [4.69, 9.17) is 21.6 Å². The maximum Gasteiger partial charge on any atom is 0.174 e. The summed E-state index contributed by atoms with van der Waals surface area (Å²) in [7, 11) is 0. The molecule has 0 saturated carbocycles. The first-order chi connectivity index (χ1) is 8.78. The summed E-state index contributed by atoms with van der Waals surface area (Å²) in [5.41, 5.74) is 1.00. The Labute approximate surface area is 115 Å². The molecule has 1 aromatic heterocycles. The molecular formula is C13H11ClN2OS. The molecule has 0 fully saturated rings. The van der Waals surface area contributed by atoms with Gasteiger partial charge in [0.1, 0.15) is 11.8 Å². The number of ether oxygens (including phenoxy) is 1. The highest BCUT2D eigenvalue weighted by molar-refractivity contribution is 7.16. The van der Waals surface area contributed by atoms with E-state index in [1.165, 1.54) is 4.88 Å². The lowest BCUT2D eigenvalue weighted by Crippen LogP contribution is -1.98. The van der Waals surface area contributed by atoms with Crippen LogP contribution in [-0.4, -0.2) is 6.61 Å². The molecule has 0 aliphatic carbocycles. The zero-order chi connectivity index (χ0) is 12.8. The van der Waals surface area contributed by atoms with Crippen molar-refractivity contribution < 1.29 is 4.74 Å². The molecule has 0 bridgehead atoms. The zero-order valence-corrected chi connectivity index (χ0v) is 11.1. The van der Waals surface area contributed by atoms with E-state index in [1.807, 2.05) is 42.5 Å². The fraction of sp³-hybridized carbons (Fsp3) is 0.154. The zero-order valence-electron chi connectivity index (χ0n) is 9.52. The van der Waals surface area contributed by atoms with E-state index < -0.39 is 0 Å². The molecule has 0 spiro atoms. The van der Waals surface area contributed by atoms with Crippen molar-refractivity contribution >= 4 is 28.6 Å². The highest BCUT2D eigenvalue weighted by Crippen LogP contribution is 2.23. The van der Waals surface area contributed by atoms with Crippen molar-refractivity contribution in [1.29, 1.82) is 5.26 Å². The van der Waals surface area contributed by atoms with Crippen molar-refractivity contribution in [2.24, 2.45) is 0 Å². The fourth-order valence-electron chi connectivity index (χ4n) is 1.42. The maximum absolute atomic E-state index is 8.40. The van der Waals surface area contributed by atoms with Gasteiger partial charge in [-0.2, -0.15) is 5.26 Å². The van der Waals surface area contributed by atoms with Crippen LogP contribution in [0.1, 0.15) is 4.88 Å². The Balaban J connectivity index is 1.88. The van der Waals surface area contributed by atoms with Crippen LogP contribution in [0.3, 0.4) is 0 Å². The van der Waals surface area contributed by atoms with Crippen molar-refractivity contribution in [2.45, 2.75) is 6.54 Å². The van der Waals surface area contributed by atoms with Crippen LogP contribution in [0, 0.1) is 11.3 Å². The van der Waals surface area contributed by atoms with Gasteiger partial charge in [0.05, 0.1) is 4.34 Å². The largest absolute Gasteiger partial charge is 0.479 e. The molecule has 18 heavy (non-hydrogen) atoms. The molecular weight excluding hydrogens is 268 g/mol. The predicted molar refractivity (Wildman–Crippen MR) is 74.2 cm³/mol. The number of nitrogens with one attached hydrogen (secondary N) is 1. The third kappa shape index (κ3) is 3.66. The molecule has 0 aliphatic heterocycles. The van der Waals surface area contributed by atoms with E-state index in [1.54, 1.807) is 11.3 Å². The minimum Gasteiger partial charge on any atom is -0.479 e. The van der Waals surface area contributed by atoms with Gasteiger partial charge in [-0.15, -0.1) is 11.3 Å². The number of benzene rings is 1. The van der Waals surface area contributed by atoms with Gasteiger partial charge in [-0.1, -0.05) is 11.6 Å². The Morgan fingerprint density at radius 2 is 2.00 bits per heavy atom. The second kappa shape index (κ2) is 6.29. The molecule has 3 nitrogen and oxygen atoms in total. The SMILES string of the molecule is N#CCOc1ccc(NCc2ccc(Cl)s2)cc1. The van der Waals surface area contributed by atoms with Gasteiger partial charge in [0.15, 0.2) is 6.61 Å². The summed E-state index contributed by atoms with van der Waals surface area (Å²) < 4.78 is 5.97. The van der Waals surface area contributed by atoms with E-state index in [2.05, 4.69) is 5.32 Å². The second-order valence-corrected chi connectivity index (χ2v) is 5.33. The molecule has 1 aromatic carbocycles. The first-order valence-electron chi connectivity index (χ1n) is 5.36. The number of thiophene rings is 1. The number of hydrogen-bond donors (Lipinski definition) is 1. The average Bonchev–Trinajstić information content (AvgIpc) is 2.81. The topological polar surface area (TPSA) is 45.0 Å². The number of halogens is 1. The van der Waals surface area contributed by atoms with Gasteiger partial charge < -0.3 is 10.1 Å². The van der Waals surface area contributed by atoms with E-state index in [0.717, 1.165) is 16.6 Å². The summed E-state index contributed by atoms with van der Waals surface area (Å²) >= 11 is 7.42. The highest BCUT2D eigenvalue weighted by Gasteiger charge is 1.99. The first kappa shape index (κ1) is 12.7. The number of anilines is 1.